The second kappa shape index (κ2) is 12.1. The van der Waals surface area contributed by atoms with Crippen molar-refractivity contribution in [2.45, 2.75) is 36.5 Å². The van der Waals surface area contributed by atoms with Crippen LogP contribution in [0.1, 0.15) is 35.6 Å². The van der Waals surface area contributed by atoms with Crippen LogP contribution in [0.4, 0.5) is 13.2 Å². The van der Waals surface area contributed by atoms with Gasteiger partial charge in [-0.2, -0.15) is 17.5 Å². The minimum absolute atomic E-state index is 0.0298. The summed E-state index contributed by atoms with van der Waals surface area (Å²) in [4.78, 5) is 37.9. The number of carbonyl (C=O) groups is 2. The molecule has 9 nitrogen and oxygen atoms in total. The third-order valence-corrected chi connectivity index (χ3v) is 9.58. The first kappa shape index (κ1) is 31.3. The Morgan fingerprint density at radius 2 is 1.70 bits per heavy atom. The normalized spacial score (nSPS) is 17.2. The lowest BCUT2D eigenvalue weighted by Crippen LogP contribution is -2.48. The molecule has 0 bridgehead atoms. The van der Waals surface area contributed by atoms with Gasteiger partial charge in [-0.15, -0.1) is 0 Å². The topological polar surface area (TPSA) is 129 Å². The number of carboxylic acids is 1. The summed E-state index contributed by atoms with van der Waals surface area (Å²) >= 11 is 0. The number of rotatable bonds is 8. The predicted octanol–water partition coefficient (Wildman–Crippen LogP) is 6.20. The highest BCUT2D eigenvalue weighted by atomic mass is 32.3. The average molecular weight is 631 g/mol. The molecule has 1 aliphatic heterocycles. The number of hydrogen-bond acceptors (Lipinski definition) is 7. The van der Waals surface area contributed by atoms with Crippen LogP contribution in [0.5, 0.6) is 0 Å². The van der Waals surface area contributed by atoms with E-state index < -0.39 is 57.6 Å². The number of carbonyl (C=O) groups excluding carboxylic acids is 1. The third-order valence-electron chi connectivity index (χ3n) is 7.61. The van der Waals surface area contributed by atoms with Gasteiger partial charge in [-0.1, -0.05) is 65.4 Å². The Morgan fingerprint density at radius 3 is 2.41 bits per heavy atom. The largest absolute Gasteiger partial charge is 0.481 e. The van der Waals surface area contributed by atoms with Gasteiger partial charge in [0.05, 0.1) is 19.2 Å². The van der Waals surface area contributed by atoms with E-state index in [1.165, 1.54) is 18.2 Å². The molecule has 13 heteroatoms. The lowest BCUT2D eigenvalue weighted by Gasteiger charge is -2.50. The molecule has 0 saturated heterocycles. The van der Waals surface area contributed by atoms with Crippen molar-refractivity contribution in [1.29, 1.82) is 0 Å². The van der Waals surface area contributed by atoms with E-state index in [0.29, 0.717) is 0 Å². The molecule has 5 rings (SSSR count). The lowest BCUT2D eigenvalue weighted by atomic mass is 9.93. The minimum atomic E-state index is -4.72. The molecule has 44 heavy (non-hydrogen) atoms. The van der Waals surface area contributed by atoms with Gasteiger partial charge >= 0.3 is 18.1 Å². The first-order valence-corrected chi connectivity index (χ1v) is 15.1. The van der Waals surface area contributed by atoms with Crippen LogP contribution in [0.15, 0.2) is 82.6 Å². The Hall–Kier alpha value is -4.17. The molecule has 0 saturated carbocycles. The molecule has 3 N–H and O–H groups in total. The number of pyridine rings is 1. The molecule has 1 unspecified atom stereocenters. The third kappa shape index (κ3) is 5.95. The number of nitrogens with zero attached hydrogens (tertiary/aromatic N) is 2. The van der Waals surface area contributed by atoms with Crippen molar-refractivity contribution in [3.63, 3.8) is 0 Å². The van der Waals surface area contributed by atoms with Gasteiger partial charge in [-0.05, 0) is 52.4 Å². The number of hydrogen-bond donors (Lipinski definition) is 3. The maximum atomic E-state index is 13.9. The Morgan fingerprint density at radius 1 is 1.00 bits per heavy atom. The van der Waals surface area contributed by atoms with Crippen LogP contribution >= 0.6 is 10.8 Å². The van der Waals surface area contributed by atoms with E-state index in [-0.39, 0.29) is 42.5 Å². The molecule has 0 spiro atoms. The summed E-state index contributed by atoms with van der Waals surface area (Å²) < 4.78 is 72.1. The summed E-state index contributed by atoms with van der Waals surface area (Å²) in [6.07, 6.45) is -5.04. The summed E-state index contributed by atoms with van der Waals surface area (Å²) in [5.74, 6) is -2.01. The first-order valence-electron chi connectivity index (χ1n) is 13.6. The van der Waals surface area contributed by atoms with Crippen molar-refractivity contribution >= 4 is 33.5 Å². The molecule has 1 atom stereocenters. The zero-order valence-electron chi connectivity index (χ0n) is 23.5. The number of aromatic nitrogens is 1. The van der Waals surface area contributed by atoms with Crippen molar-refractivity contribution in [3.05, 3.63) is 99.8 Å². The van der Waals surface area contributed by atoms with Gasteiger partial charge in [-0.25, -0.2) is 4.79 Å². The van der Waals surface area contributed by atoms with Crippen LogP contribution in [0.3, 0.4) is 0 Å². The Labute approximate surface area is 251 Å². The first-order chi connectivity index (χ1) is 20.8. The van der Waals surface area contributed by atoms with E-state index in [2.05, 4.69) is 0 Å². The van der Waals surface area contributed by atoms with Gasteiger partial charge in [0.25, 0.3) is 5.56 Å². The number of alkyl halides is 3. The Kier molecular flexibility index (Phi) is 8.58. The number of fused-ring (bicyclic) bond motifs is 2. The highest BCUT2D eigenvalue weighted by molar-refractivity contribution is 8.22. The van der Waals surface area contributed by atoms with Gasteiger partial charge in [0.2, 0.25) is 0 Å². The predicted molar refractivity (Wildman–Crippen MR) is 159 cm³/mol. The van der Waals surface area contributed by atoms with Crippen molar-refractivity contribution in [3.8, 4) is 11.1 Å². The van der Waals surface area contributed by atoms with E-state index >= 15 is 0 Å². The molecule has 4 aromatic rings. The number of benzene rings is 3. The molecule has 2 heterocycles. The number of esters is 1. The van der Waals surface area contributed by atoms with Crippen molar-refractivity contribution in [2.75, 3.05) is 20.2 Å². The zero-order valence-corrected chi connectivity index (χ0v) is 24.3. The van der Waals surface area contributed by atoms with E-state index in [1.807, 2.05) is 36.4 Å². The Balaban J connectivity index is 1.82. The highest BCUT2D eigenvalue weighted by Crippen LogP contribution is 2.59. The summed E-state index contributed by atoms with van der Waals surface area (Å²) in [5, 5.41) is 10.4. The van der Waals surface area contributed by atoms with Crippen LogP contribution in [0.25, 0.3) is 21.9 Å². The summed E-state index contributed by atoms with van der Waals surface area (Å²) in [5.41, 5.74) is -0.906. The fourth-order valence-corrected chi connectivity index (χ4v) is 7.59. The number of methoxy groups -OCH3 is 1. The van der Waals surface area contributed by atoms with E-state index in [9.17, 15) is 36.7 Å². The number of carboxylic acid groups (broad SMARTS) is 1. The summed E-state index contributed by atoms with van der Waals surface area (Å²) in [6.45, 7) is -0.585. The molecule has 0 aliphatic carbocycles. The maximum absolute atomic E-state index is 13.9. The molecule has 232 valence electrons. The van der Waals surface area contributed by atoms with Crippen LogP contribution in [-0.2, 0) is 26.9 Å². The maximum Gasteiger partial charge on any atom is 0.416 e. The second-order valence-corrected chi connectivity index (χ2v) is 12.3. The monoisotopic (exact) mass is 630 g/mol. The standard InChI is InChI=1S/C31H29F3N2O7S/c1-43-30(40)25-18-35(14-6-13-27(38)39)44(41,42)29-28(21-10-5-11-23(16-21)31(32,33)34)22(17-26(37)36(25)29)15-20-9-4-8-19-7-2-3-12-24(19)20/h2-5,7-12,16-17,25,41-42H,6,13-15,18H2,1H3,(H,38,39). The van der Waals surface area contributed by atoms with Crippen LogP contribution in [-0.4, -0.2) is 55.2 Å². The molecule has 1 aromatic heterocycles. The van der Waals surface area contributed by atoms with Gasteiger partial charge in [0.15, 0.2) is 11.1 Å². The molecule has 0 amide bonds. The van der Waals surface area contributed by atoms with Gasteiger partial charge < -0.3 is 9.84 Å². The second-order valence-electron chi connectivity index (χ2n) is 10.4. The summed E-state index contributed by atoms with van der Waals surface area (Å²) in [7, 11) is -3.05. The van der Waals surface area contributed by atoms with Crippen LogP contribution in [0.2, 0.25) is 0 Å². The van der Waals surface area contributed by atoms with Crippen LogP contribution < -0.4 is 5.56 Å². The van der Waals surface area contributed by atoms with Gasteiger partial charge in [-0.3, -0.25) is 23.3 Å². The van der Waals surface area contributed by atoms with Crippen LogP contribution in [0, 0.1) is 0 Å². The number of aliphatic carboxylic acids is 1. The van der Waals surface area contributed by atoms with Crippen molar-refractivity contribution in [1.82, 2.24) is 8.87 Å². The van der Waals surface area contributed by atoms with Gasteiger partial charge in [0, 0.05) is 24.6 Å². The molecular formula is C31H29F3N2O7S. The fourth-order valence-electron chi connectivity index (χ4n) is 5.61. The Bertz CT molecular complexity index is 1800. The van der Waals surface area contributed by atoms with E-state index in [1.54, 1.807) is 6.07 Å². The quantitative estimate of drug-likeness (QED) is 0.197. The van der Waals surface area contributed by atoms with Crippen molar-refractivity contribution in [2.24, 2.45) is 0 Å². The SMILES string of the molecule is COC(=O)C1CN(CCCC(=O)O)S(O)(O)c2c(-c3cccc(C(F)(F)F)c3)c(Cc3cccc4ccccc34)cc(=O)n21. The molecule has 3 aromatic carbocycles. The summed E-state index contributed by atoms with van der Waals surface area (Å²) in [6, 6.07) is 17.0. The molecular weight excluding hydrogens is 601 g/mol. The lowest BCUT2D eigenvalue weighted by molar-refractivity contribution is -0.145. The smallest absolute Gasteiger partial charge is 0.416 e. The van der Waals surface area contributed by atoms with Crippen molar-refractivity contribution < 1.29 is 41.7 Å². The molecule has 0 fully saturated rings. The zero-order chi connectivity index (χ0) is 31.8. The molecule has 0 radical (unpaired) electrons. The number of halogens is 3. The van der Waals surface area contributed by atoms with E-state index in [0.717, 1.165) is 44.5 Å². The van der Waals surface area contributed by atoms with Gasteiger partial charge in [0.1, 0.15) is 0 Å². The minimum Gasteiger partial charge on any atom is -0.481 e. The fraction of sp³-hybridized carbons (Fsp3) is 0.258. The molecule has 1 aliphatic rings. The average Bonchev–Trinajstić information content (AvgIpc) is 2.97. The van der Waals surface area contributed by atoms with E-state index in [4.69, 9.17) is 9.84 Å². The number of ether oxygens (including phenoxy) is 1. The highest BCUT2D eigenvalue weighted by Gasteiger charge is 2.44.